The number of thiophene rings is 1. The molecule has 0 aliphatic heterocycles. The quantitative estimate of drug-likeness (QED) is 0.694. The molecule has 2 atom stereocenters. The molecule has 1 amide bonds. The topological polar surface area (TPSA) is 64.1 Å². The van der Waals surface area contributed by atoms with E-state index in [0.717, 1.165) is 51.4 Å². The van der Waals surface area contributed by atoms with Crippen LogP contribution in [0.1, 0.15) is 63.2 Å². The highest BCUT2D eigenvalue weighted by molar-refractivity contribution is 7.20. The lowest BCUT2D eigenvalue weighted by molar-refractivity contribution is 0.0953. The number of aryl methyl sites for hydroxylation is 2. The average Bonchev–Trinajstić information content (AvgIpc) is 3.63. The van der Waals surface area contributed by atoms with Crippen molar-refractivity contribution in [1.82, 2.24) is 15.5 Å². The van der Waals surface area contributed by atoms with E-state index in [9.17, 15) is 4.79 Å². The Bertz CT molecular complexity index is 1070. The number of nitrogens with one attached hydrogen (secondary N) is 1. The van der Waals surface area contributed by atoms with Crippen molar-refractivity contribution in [2.75, 3.05) is 7.11 Å². The van der Waals surface area contributed by atoms with Gasteiger partial charge in [-0.2, -0.15) is 5.10 Å². The second kappa shape index (κ2) is 6.55. The summed E-state index contributed by atoms with van der Waals surface area (Å²) in [5.74, 6) is 1.78. The van der Waals surface area contributed by atoms with Crippen molar-refractivity contribution in [3.63, 3.8) is 0 Å². The van der Waals surface area contributed by atoms with E-state index < -0.39 is 0 Å². The molecule has 5 nitrogen and oxygen atoms in total. The van der Waals surface area contributed by atoms with Crippen molar-refractivity contribution < 1.29 is 9.53 Å². The van der Waals surface area contributed by atoms with Gasteiger partial charge in [0, 0.05) is 17.3 Å². The molecule has 28 heavy (non-hydrogen) atoms. The Kier molecular flexibility index (Phi) is 4.12. The molecule has 2 aliphatic rings. The van der Waals surface area contributed by atoms with Crippen molar-refractivity contribution >= 4 is 27.5 Å². The number of rotatable bonds is 5. The maximum atomic E-state index is 13.1. The summed E-state index contributed by atoms with van der Waals surface area (Å²) in [6, 6.07) is 8.34. The molecule has 2 unspecified atom stereocenters. The number of aromatic nitrogens is 2. The lowest BCUT2D eigenvalue weighted by Crippen LogP contribution is -2.26. The number of amides is 1. The van der Waals surface area contributed by atoms with Crippen molar-refractivity contribution in [3.05, 3.63) is 51.5 Å². The highest BCUT2D eigenvalue weighted by Gasteiger charge is 2.41. The van der Waals surface area contributed by atoms with E-state index in [1.165, 1.54) is 22.5 Å². The van der Waals surface area contributed by atoms with E-state index in [1.807, 2.05) is 19.1 Å². The number of fused-ring (bicyclic) bond motifs is 1. The molecule has 0 spiro atoms. The summed E-state index contributed by atoms with van der Waals surface area (Å²) < 4.78 is 5.23. The zero-order chi connectivity index (χ0) is 19.4. The molecule has 2 saturated carbocycles. The number of hydrogen-bond donors (Lipinski definition) is 1. The molecule has 0 bridgehead atoms. The van der Waals surface area contributed by atoms with Crippen LogP contribution < -0.4 is 10.1 Å². The first-order chi connectivity index (χ1) is 13.6. The van der Waals surface area contributed by atoms with Crippen molar-refractivity contribution in [1.29, 1.82) is 0 Å². The minimum Gasteiger partial charge on any atom is -0.497 e. The van der Waals surface area contributed by atoms with Crippen molar-refractivity contribution in [3.8, 4) is 5.75 Å². The zero-order valence-electron chi connectivity index (χ0n) is 16.3. The van der Waals surface area contributed by atoms with Gasteiger partial charge in [-0.3, -0.25) is 4.79 Å². The first-order valence-corrected chi connectivity index (χ1v) is 10.6. The van der Waals surface area contributed by atoms with E-state index in [1.54, 1.807) is 7.11 Å². The Morgan fingerprint density at radius 2 is 1.93 bits per heavy atom. The number of ether oxygens (including phenoxy) is 1. The summed E-state index contributed by atoms with van der Waals surface area (Å²) in [6.45, 7) is 4.08. The molecule has 3 aromatic rings. The molecule has 2 aromatic heterocycles. The maximum Gasteiger partial charge on any atom is 0.261 e. The van der Waals surface area contributed by atoms with Crippen LogP contribution in [0.25, 0.3) is 10.2 Å². The van der Waals surface area contributed by atoms with Gasteiger partial charge in [0.15, 0.2) is 0 Å². The first-order valence-electron chi connectivity index (χ1n) is 9.78. The Morgan fingerprint density at radius 1 is 1.18 bits per heavy atom. The summed E-state index contributed by atoms with van der Waals surface area (Å²) in [4.78, 5) is 14.8. The molecule has 144 valence electrons. The summed E-state index contributed by atoms with van der Waals surface area (Å²) in [5, 5.41) is 13.0. The number of carbonyl (C=O) groups is 1. The predicted octanol–water partition coefficient (Wildman–Crippen LogP) is 4.48. The van der Waals surface area contributed by atoms with E-state index in [-0.39, 0.29) is 11.9 Å². The molecule has 2 aliphatic carbocycles. The molecule has 2 heterocycles. The van der Waals surface area contributed by atoms with Gasteiger partial charge >= 0.3 is 0 Å². The van der Waals surface area contributed by atoms with Crippen LogP contribution in [-0.4, -0.2) is 29.3 Å². The van der Waals surface area contributed by atoms with E-state index >= 15 is 0 Å². The molecule has 6 heteroatoms. The van der Waals surface area contributed by atoms with Crippen LogP contribution in [0.5, 0.6) is 5.75 Å². The molecule has 1 aromatic carbocycles. The second-order valence-corrected chi connectivity index (χ2v) is 8.90. The van der Waals surface area contributed by atoms with Crippen LogP contribution in [0.2, 0.25) is 0 Å². The number of hydrogen-bond acceptors (Lipinski definition) is 5. The van der Waals surface area contributed by atoms with Crippen molar-refractivity contribution in [2.45, 2.75) is 51.0 Å². The van der Waals surface area contributed by atoms with Crippen LogP contribution in [-0.2, 0) is 0 Å². The minimum atomic E-state index is 0.0444. The molecule has 0 radical (unpaired) electrons. The third kappa shape index (κ3) is 2.96. The number of nitrogens with zero attached hydrogens (tertiary/aromatic N) is 2. The zero-order valence-corrected chi connectivity index (χ0v) is 17.1. The number of carbonyl (C=O) groups excluding carboxylic acids is 1. The van der Waals surface area contributed by atoms with Gasteiger partial charge in [0.2, 0.25) is 0 Å². The fourth-order valence-electron chi connectivity index (χ4n) is 3.98. The van der Waals surface area contributed by atoms with Gasteiger partial charge in [0.1, 0.15) is 10.6 Å². The van der Waals surface area contributed by atoms with Crippen LogP contribution in [0.15, 0.2) is 24.3 Å². The van der Waals surface area contributed by atoms with Gasteiger partial charge in [-0.1, -0.05) is 12.1 Å². The van der Waals surface area contributed by atoms with E-state index in [4.69, 9.17) is 4.74 Å². The Hall–Kier alpha value is -2.47. The summed E-state index contributed by atoms with van der Waals surface area (Å²) in [6.07, 6.45) is 3.30. The van der Waals surface area contributed by atoms with Crippen LogP contribution in [0, 0.1) is 13.8 Å². The smallest absolute Gasteiger partial charge is 0.261 e. The molecule has 0 saturated heterocycles. The molecule has 1 N–H and O–H groups in total. The lowest BCUT2D eigenvalue weighted by Gasteiger charge is -2.07. The van der Waals surface area contributed by atoms with Gasteiger partial charge in [0.25, 0.3) is 5.91 Å². The third-order valence-corrected chi connectivity index (χ3v) is 7.07. The van der Waals surface area contributed by atoms with Crippen molar-refractivity contribution in [2.24, 2.45) is 0 Å². The normalized spacial score (nSPS) is 21.0. The lowest BCUT2D eigenvalue weighted by atomic mass is 10.0. The average molecular weight is 394 g/mol. The van der Waals surface area contributed by atoms with Crippen LogP contribution in [0.3, 0.4) is 0 Å². The highest BCUT2D eigenvalue weighted by Crippen LogP contribution is 2.49. The summed E-state index contributed by atoms with van der Waals surface area (Å²) in [7, 11) is 1.67. The summed E-state index contributed by atoms with van der Waals surface area (Å²) >= 11 is 1.49. The second-order valence-electron chi connectivity index (χ2n) is 7.91. The Morgan fingerprint density at radius 3 is 2.61 bits per heavy atom. The maximum absolute atomic E-state index is 13.1. The Balaban J connectivity index is 1.39. The van der Waals surface area contributed by atoms with Gasteiger partial charge in [-0.05, 0) is 67.9 Å². The minimum absolute atomic E-state index is 0.0444. The number of benzene rings is 1. The predicted molar refractivity (Wildman–Crippen MR) is 110 cm³/mol. The first kappa shape index (κ1) is 17.6. The van der Waals surface area contributed by atoms with Gasteiger partial charge in [-0.25, -0.2) is 0 Å². The van der Waals surface area contributed by atoms with Gasteiger partial charge < -0.3 is 10.1 Å². The van der Waals surface area contributed by atoms with E-state index in [2.05, 4.69) is 34.6 Å². The van der Waals surface area contributed by atoms with Gasteiger partial charge in [0.05, 0.1) is 17.7 Å². The highest BCUT2D eigenvalue weighted by atomic mass is 32.1. The number of methoxy groups -OCH3 is 1. The third-order valence-electron chi connectivity index (χ3n) is 5.98. The molecule has 5 rings (SSSR count). The molecular formula is C22H23N3O2S. The SMILES string of the molecule is COc1ccc(C2CC2NC(=O)c2sc3nnc(C)c(C)c3c2C2CC2)cc1. The van der Waals surface area contributed by atoms with Crippen LogP contribution >= 0.6 is 11.3 Å². The fourth-order valence-corrected chi connectivity index (χ4v) is 5.15. The van der Waals surface area contributed by atoms with Gasteiger partial charge in [-0.15, -0.1) is 16.4 Å². The fraction of sp³-hybridized carbons (Fsp3) is 0.409. The van der Waals surface area contributed by atoms with Crippen LogP contribution in [0.4, 0.5) is 0 Å². The molecular weight excluding hydrogens is 370 g/mol. The Labute approximate surface area is 168 Å². The van der Waals surface area contributed by atoms with E-state index in [0.29, 0.717) is 11.8 Å². The summed E-state index contributed by atoms with van der Waals surface area (Å²) in [5.41, 5.74) is 4.56. The largest absolute Gasteiger partial charge is 0.497 e. The monoisotopic (exact) mass is 393 g/mol. The standard InChI is InChI=1S/C22H23N3O2S/c1-11-12(2)24-25-22-18(11)19(14-4-5-14)20(28-22)21(26)23-17-10-16(17)13-6-8-15(27-3)9-7-13/h6-9,14,16-17H,4-5,10H2,1-3H3,(H,23,26). The molecule has 2 fully saturated rings.